The zero-order valence-electron chi connectivity index (χ0n) is 17.8. The van der Waals surface area contributed by atoms with Gasteiger partial charge in [0.25, 0.3) is 0 Å². The maximum absolute atomic E-state index is 4.81. The summed E-state index contributed by atoms with van der Waals surface area (Å²) < 4.78 is 2.01. The van der Waals surface area contributed by atoms with Crippen LogP contribution in [0.15, 0.2) is 4.99 Å². The molecule has 0 amide bonds. The zero-order chi connectivity index (χ0) is 19.8. The molecule has 0 spiro atoms. The summed E-state index contributed by atoms with van der Waals surface area (Å²) in [4.78, 5) is 7.53. The minimum absolute atomic E-state index is 0.505. The monoisotopic (exact) mass is 407 g/mol. The molecule has 1 saturated carbocycles. The van der Waals surface area contributed by atoms with Gasteiger partial charge in [0.2, 0.25) is 0 Å². The van der Waals surface area contributed by atoms with Crippen molar-refractivity contribution in [3.05, 3.63) is 11.6 Å². The number of guanidine groups is 1. The van der Waals surface area contributed by atoms with Crippen molar-refractivity contribution < 1.29 is 0 Å². The molecule has 7 nitrogen and oxygen atoms in total. The fourth-order valence-electron chi connectivity index (χ4n) is 4.19. The lowest BCUT2D eigenvalue weighted by Gasteiger charge is -2.36. The molecule has 2 N–H and O–H groups in total. The van der Waals surface area contributed by atoms with Crippen LogP contribution in [-0.2, 0) is 13.6 Å². The van der Waals surface area contributed by atoms with E-state index in [1.165, 1.54) is 57.4 Å². The van der Waals surface area contributed by atoms with Crippen molar-refractivity contribution in [3.63, 3.8) is 0 Å². The third-order valence-electron chi connectivity index (χ3n) is 6.09. The van der Waals surface area contributed by atoms with E-state index < -0.39 is 0 Å². The van der Waals surface area contributed by atoms with E-state index >= 15 is 0 Å². The second-order valence-electron chi connectivity index (χ2n) is 8.05. The van der Waals surface area contributed by atoms with Crippen LogP contribution in [0.1, 0.15) is 56.6 Å². The fourth-order valence-corrected chi connectivity index (χ4v) is 4.62. The van der Waals surface area contributed by atoms with Gasteiger partial charge in [-0.1, -0.05) is 12.8 Å². The lowest BCUT2D eigenvalue weighted by atomic mass is 10.0. The van der Waals surface area contributed by atoms with E-state index in [4.69, 9.17) is 4.99 Å². The number of aromatic nitrogens is 3. The molecule has 0 unspecified atom stereocenters. The van der Waals surface area contributed by atoms with E-state index in [1.54, 1.807) is 0 Å². The van der Waals surface area contributed by atoms with Gasteiger partial charge in [-0.3, -0.25) is 0 Å². The second kappa shape index (κ2) is 11.0. The Balaban J connectivity index is 1.52. The molecule has 1 aromatic rings. The van der Waals surface area contributed by atoms with Gasteiger partial charge in [-0.15, -0.1) is 10.2 Å². The number of rotatable bonds is 8. The number of aryl methyl sites for hydroxylation is 1. The van der Waals surface area contributed by atoms with Crippen LogP contribution in [0.25, 0.3) is 0 Å². The van der Waals surface area contributed by atoms with E-state index in [-0.39, 0.29) is 0 Å². The van der Waals surface area contributed by atoms with Gasteiger partial charge in [0.1, 0.15) is 12.4 Å². The minimum atomic E-state index is 0.505. The van der Waals surface area contributed by atoms with E-state index in [2.05, 4.69) is 32.0 Å². The molecule has 2 aliphatic rings. The summed E-state index contributed by atoms with van der Waals surface area (Å²) in [6.45, 7) is 5.90. The molecule has 0 atom stereocenters. The maximum Gasteiger partial charge on any atom is 0.191 e. The molecule has 28 heavy (non-hydrogen) atoms. The molecule has 0 aromatic carbocycles. The van der Waals surface area contributed by atoms with Crippen LogP contribution in [0, 0.1) is 6.92 Å². The van der Waals surface area contributed by atoms with Crippen molar-refractivity contribution in [1.29, 1.82) is 0 Å². The quantitative estimate of drug-likeness (QED) is 0.392. The summed E-state index contributed by atoms with van der Waals surface area (Å²) in [6, 6.07) is 1.35. The van der Waals surface area contributed by atoms with Gasteiger partial charge in [-0.05, 0) is 51.0 Å². The molecular formula is C20H37N7S. The third kappa shape index (κ3) is 6.11. The highest BCUT2D eigenvalue weighted by Gasteiger charge is 2.27. The molecule has 2 heterocycles. The first-order chi connectivity index (χ1) is 13.7. The third-order valence-corrected chi connectivity index (χ3v) is 6.79. The van der Waals surface area contributed by atoms with Gasteiger partial charge in [0.05, 0.1) is 0 Å². The summed E-state index contributed by atoms with van der Waals surface area (Å²) in [6.07, 6.45) is 11.3. The second-order valence-corrected chi connectivity index (χ2v) is 9.04. The molecular weight excluding hydrogens is 370 g/mol. The molecule has 8 heteroatoms. The lowest BCUT2D eigenvalue weighted by Crippen LogP contribution is -2.50. The average molecular weight is 408 g/mol. The highest BCUT2D eigenvalue weighted by atomic mass is 32.2. The summed E-state index contributed by atoms with van der Waals surface area (Å²) in [5, 5.41) is 15.6. The molecule has 3 rings (SSSR count). The Hall–Kier alpha value is -1.28. The van der Waals surface area contributed by atoms with E-state index in [9.17, 15) is 0 Å². The molecule has 0 bridgehead atoms. The summed E-state index contributed by atoms with van der Waals surface area (Å²) in [7, 11) is 2.00. The van der Waals surface area contributed by atoms with Crippen molar-refractivity contribution in [1.82, 2.24) is 30.3 Å². The zero-order valence-corrected chi connectivity index (χ0v) is 18.6. The van der Waals surface area contributed by atoms with Crippen LogP contribution in [0.5, 0.6) is 0 Å². The molecule has 1 aliphatic heterocycles. The first kappa shape index (κ1) is 21.4. The normalized spacial score (nSPS) is 20.0. The number of likely N-dealkylation sites (tertiary alicyclic amines) is 1. The minimum Gasteiger partial charge on any atom is -0.356 e. The summed E-state index contributed by atoms with van der Waals surface area (Å²) in [5.41, 5.74) is 0. The lowest BCUT2D eigenvalue weighted by molar-refractivity contribution is 0.150. The average Bonchev–Trinajstić information content (AvgIpc) is 3.35. The highest BCUT2D eigenvalue weighted by Crippen LogP contribution is 2.26. The highest BCUT2D eigenvalue weighted by molar-refractivity contribution is 7.98. The van der Waals surface area contributed by atoms with E-state index in [0.29, 0.717) is 12.6 Å². The van der Waals surface area contributed by atoms with E-state index in [1.807, 2.05) is 30.3 Å². The molecule has 1 aliphatic carbocycles. The number of thioether (sulfide) groups is 1. The number of hydrogen-bond acceptors (Lipinski definition) is 5. The molecule has 0 radical (unpaired) electrons. The van der Waals surface area contributed by atoms with Crippen molar-refractivity contribution in [2.45, 2.75) is 70.5 Å². The predicted octanol–water partition coefficient (Wildman–Crippen LogP) is 2.32. The van der Waals surface area contributed by atoms with Gasteiger partial charge in [0, 0.05) is 38.8 Å². The Kier molecular flexibility index (Phi) is 8.45. The van der Waals surface area contributed by atoms with Gasteiger partial charge >= 0.3 is 0 Å². The number of nitrogens with zero attached hydrogens (tertiary/aromatic N) is 5. The van der Waals surface area contributed by atoms with Crippen molar-refractivity contribution in [2.75, 3.05) is 31.6 Å². The van der Waals surface area contributed by atoms with Gasteiger partial charge < -0.3 is 20.1 Å². The van der Waals surface area contributed by atoms with Gasteiger partial charge in [-0.25, -0.2) is 4.99 Å². The van der Waals surface area contributed by atoms with Crippen LogP contribution < -0.4 is 10.6 Å². The SMILES string of the molecule is CSCCCNC(=NCc1nnc(C)n1C)NC1CCN(C2CCCC2)CC1. The number of nitrogens with one attached hydrogen (secondary N) is 2. The maximum atomic E-state index is 4.81. The van der Waals surface area contributed by atoms with Crippen LogP contribution in [0.4, 0.5) is 0 Å². The largest absolute Gasteiger partial charge is 0.356 e. The molecule has 158 valence electrons. The number of piperidine rings is 1. The van der Waals surface area contributed by atoms with Crippen molar-refractivity contribution in [3.8, 4) is 0 Å². The Morgan fingerprint density at radius 1 is 1.18 bits per heavy atom. The fraction of sp³-hybridized carbons (Fsp3) is 0.850. The Morgan fingerprint density at radius 2 is 1.93 bits per heavy atom. The molecule has 1 aromatic heterocycles. The van der Waals surface area contributed by atoms with Crippen LogP contribution in [0.3, 0.4) is 0 Å². The predicted molar refractivity (Wildman–Crippen MR) is 118 cm³/mol. The van der Waals surface area contributed by atoms with Crippen LogP contribution >= 0.6 is 11.8 Å². The smallest absolute Gasteiger partial charge is 0.191 e. The Morgan fingerprint density at radius 3 is 2.57 bits per heavy atom. The summed E-state index contributed by atoms with van der Waals surface area (Å²) >= 11 is 1.89. The number of hydrogen-bond donors (Lipinski definition) is 2. The molecule has 2 fully saturated rings. The first-order valence-corrected chi connectivity index (χ1v) is 12.2. The topological polar surface area (TPSA) is 70.4 Å². The van der Waals surface area contributed by atoms with Crippen molar-refractivity contribution in [2.24, 2.45) is 12.0 Å². The van der Waals surface area contributed by atoms with Gasteiger partial charge in [-0.2, -0.15) is 11.8 Å². The van der Waals surface area contributed by atoms with E-state index in [0.717, 1.165) is 36.6 Å². The Labute approximate surface area is 174 Å². The Bertz CT molecular complexity index is 616. The standard InChI is InChI=1S/C20H37N7S/c1-16-24-25-19(26(16)2)15-22-20(21-11-6-14-28-3)23-17-9-12-27(13-10-17)18-7-4-5-8-18/h17-18H,4-15H2,1-3H3,(H2,21,22,23). The van der Waals surface area contributed by atoms with Crippen molar-refractivity contribution >= 4 is 17.7 Å². The van der Waals surface area contributed by atoms with Gasteiger partial charge in [0.15, 0.2) is 11.8 Å². The summed E-state index contributed by atoms with van der Waals surface area (Å²) in [5.74, 6) is 3.91. The van der Waals surface area contributed by atoms with Crippen LogP contribution in [-0.4, -0.2) is 69.4 Å². The number of aliphatic imine (C=N–C) groups is 1. The van der Waals surface area contributed by atoms with Crippen LogP contribution in [0.2, 0.25) is 0 Å². The molecule has 1 saturated heterocycles. The first-order valence-electron chi connectivity index (χ1n) is 10.8.